The Hall–Kier alpha value is -1.88. The minimum absolute atomic E-state index is 0.0364. The van der Waals surface area contributed by atoms with Gasteiger partial charge in [-0.15, -0.1) is 0 Å². The number of nitrogens with one attached hydrogen (secondary N) is 1. The number of carbonyl (C=O) groups excluding carboxylic acids is 2. The van der Waals surface area contributed by atoms with E-state index in [0.717, 1.165) is 6.42 Å². The SMILES string of the molecule is CC1Oc2ccc(C(=O)C3OCCC3C)cc2NC1=O. The molecule has 0 aliphatic carbocycles. The highest BCUT2D eigenvalue weighted by molar-refractivity contribution is 6.03. The fourth-order valence-electron chi connectivity index (χ4n) is 2.56. The third kappa shape index (κ3) is 2.18. The Morgan fingerprint density at radius 2 is 2.15 bits per heavy atom. The van der Waals surface area contributed by atoms with Crippen molar-refractivity contribution in [2.45, 2.75) is 32.5 Å². The number of hydrogen-bond donors (Lipinski definition) is 1. The highest BCUT2D eigenvalue weighted by atomic mass is 16.5. The van der Waals surface area contributed by atoms with Crippen LogP contribution in [-0.4, -0.2) is 30.5 Å². The van der Waals surface area contributed by atoms with Crippen molar-refractivity contribution in [1.29, 1.82) is 0 Å². The second kappa shape index (κ2) is 4.90. The van der Waals surface area contributed by atoms with Gasteiger partial charge in [0.05, 0.1) is 5.69 Å². The van der Waals surface area contributed by atoms with Crippen LogP contribution in [0.15, 0.2) is 18.2 Å². The van der Waals surface area contributed by atoms with Crippen molar-refractivity contribution in [3.05, 3.63) is 23.8 Å². The molecule has 5 heteroatoms. The lowest BCUT2D eigenvalue weighted by Gasteiger charge is -2.24. The molecule has 5 nitrogen and oxygen atoms in total. The third-order valence-corrected chi connectivity index (χ3v) is 3.84. The quantitative estimate of drug-likeness (QED) is 0.839. The maximum absolute atomic E-state index is 12.4. The molecule has 1 amide bonds. The molecule has 20 heavy (non-hydrogen) atoms. The van der Waals surface area contributed by atoms with Gasteiger partial charge < -0.3 is 14.8 Å². The fourth-order valence-corrected chi connectivity index (χ4v) is 2.56. The van der Waals surface area contributed by atoms with Crippen LogP contribution in [0, 0.1) is 5.92 Å². The van der Waals surface area contributed by atoms with Crippen molar-refractivity contribution < 1.29 is 19.1 Å². The Morgan fingerprint density at radius 3 is 2.85 bits per heavy atom. The van der Waals surface area contributed by atoms with Crippen molar-refractivity contribution in [3.63, 3.8) is 0 Å². The van der Waals surface area contributed by atoms with Gasteiger partial charge in [-0.3, -0.25) is 9.59 Å². The van der Waals surface area contributed by atoms with Gasteiger partial charge in [0.1, 0.15) is 11.9 Å². The van der Waals surface area contributed by atoms with Crippen LogP contribution in [0.3, 0.4) is 0 Å². The predicted molar refractivity (Wildman–Crippen MR) is 73.0 cm³/mol. The van der Waals surface area contributed by atoms with Gasteiger partial charge in [-0.2, -0.15) is 0 Å². The normalized spacial score (nSPS) is 28.5. The van der Waals surface area contributed by atoms with E-state index >= 15 is 0 Å². The number of amides is 1. The Labute approximate surface area is 117 Å². The van der Waals surface area contributed by atoms with Crippen molar-refractivity contribution in [3.8, 4) is 5.75 Å². The van der Waals surface area contributed by atoms with Gasteiger partial charge in [0.2, 0.25) is 0 Å². The summed E-state index contributed by atoms with van der Waals surface area (Å²) in [6, 6.07) is 5.10. The lowest BCUT2D eigenvalue weighted by molar-refractivity contribution is -0.122. The number of hydrogen-bond acceptors (Lipinski definition) is 4. The molecule has 1 aromatic carbocycles. The van der Waals surface area contributed by atoms with Gasteiger partial charge >= 0.3 is 0 Å². The molecule has 1 fully saturated rings. The van der Waals surface area contributed by atoms with Gasteiger partial charge in [0, 0.05) is 12.2 Å². The Bertz CT molecular complexity index is 569. The maximum Gasteiger partial charge on any atom is 0.265 e. The van der Waals surface area contributed by atoms with Gasteiger partial charge in [0.15, 0.2) is 11.9 Å². The second-order valence-corrected chi connectivity index (χ2v) is 5.38. The fraction of sp³-hybridized carbons (Fsp3) is 0.467. The van der Waals surface area contributed by atoms with E-state index in [0.29, 0.717) is 23.6 Å². The molecular formula is C15H17NO4. The van der Waals surface area contributed by atoms with E-state index in [1.807, 2.05) is 6.92 Å². The van der Waals surface area contributed by atoms with Crippen molar-refractivity contribution in [1.82, 2.24) is 0 Å². The van der Waals surface area contributed by atoms with Crippen molar-refractivity contribution >= 4 is 17.4 Å². The first-order valence-corrected chi connectivity index (χ1v) is 6.83. The average molecular weight is 275 g/mol. The zero-order valence-corrected chi connectivity index (χ0v) is 11.5. The lowest BCUT2D eigenvalue weighted by Crippen LogP contribution is -2.34. The van der Waals surface area contributed by atoms with Crippen LogP contribution in [0.4, 0.5) is 5.69 Å². The minimum Gasteiger partial charge on any atom is -0.479 e. The van der Waals surface area contributed by atoms with Gasteiger partial charge in [-0.1, -0.05) is 6.92 Å². The zero-order valence-electron chi connectivity index (χ0n) is 11.5. The summed E-state index contributed by atoms with van der Waals surface area (Å²) in [5.41, 5.74) is 1.09. The number of rotatable bonds is 2. The van der Waals surface area contributed by atoms with Crippen LogP contribution in [0.25, 0.3) is 0 Å². The number of anilines is 1. The van der Waals surface area contributed by atoms with Crippen molar-refractivity contribution in [2.24, 2.45) is 5.92 Å². The summed E-state index contributed by atoms with van der Waals surface area (Å²) >= 11 is 0. The molecule has 0 bridgehead atoms. The first kappa shape index (κ1) is 13.1. The molecule has 2 heterocycles. The summed E-state index contributed by atoms with van der Waals surface area (Å²) in [4.78, 5) is 24.0. The zero-order chi connectivity index (χ0) is 14.3. The number of carbonyl (C=O) groups is 2. The predicted octanol–water partition coefficient (Wildman–Crippen LogP) is 2.01. The molecule has 3 unspecified atom stereocenters. The summed E-state index contributed by atoms with van der Waals surface area (Å²) < 4.78 is 11.0. The summed E-state index contributed by atoms with van der Waals surface area (Å²) in [5.74, 6) is 0.580. The third-order valence-electron chi connectivity index (χ3n) is 3.84. The molecule has 0 radical (unpaired) electrons. The number of benzene rings is 1. The summed E-state index contributed by atoms with van der Waals surface area (Å²) in [6.07, 6.45) is 0.00744. The Balaban J connectivity index is 1.87. The molecule has 3 rings (SSSR count). The van der Waals surface area contributed by atoms with Crippen LogP contribution in [0.5, 0.6) is 5.75 Å². The van der Waals surface area contributed by atoms with Gasteiger partial charge in [-0.25, -0.2) is 0 Å². The number of fused-ring (bicyclic) bond motifs is 1. The van der Waals surface area contributed by atoms with E-state index in [-0.39, 0.29) is 23.7 Å². The minimum atomic E-state index is -0.512. The van der Waals surface area contributed by atoms with E-state index in [2.05, 4.69) is 5.32 Å². The monoisotopic (exact) mass is 275 g/mol. The smallest absolute Gasteiger partial charge is 0.265 e. The first-order chi connectivity index (χ1) is 9.56. The highest BCUT2D eigenvalue weighted by Gasteiger charge is 2.32. The van der Waals surface area contributed by atoms with Gasteiger partial charge in [0.25, 0.3) is 5.91 Å². The molecule has 0 spiro atoms. The van der Waals surface area contributed by atoms with Gasteiger partial charge in [-0.05, 0) is 37.5 Å². The van der Waals surface area contributed by atoms with Crippen LogP contribution in [-0.2, 0) is 9.53 Å². The molecule has 2 aliphatic heterocycles. The first-order valence-electron chi connectivity index (χ1n) is 6.83. The number of Topliss-reactive ketones (excluding diaryl/α,β-unsaturated/α-hetero) is 1. The van der Waals surface area contributed by atoms with Crippen LogP contribution in [0.2, 0.25) is 0 Å². The maximum atomic E-state index is 12.4. The van der Waals surface area contributed by atoms with E-state index < -0.39 is 6.10 Å². The van der Waals surface area contributed by atoms with E-state index in [4.69, 9.17) is 9.47 Å². The molecule has 0 aromatic heterocycles. The van der Waals surface area contributed by atoms with Crippen molar-refractivity contribution in [2.75, 3.05) is 11.9 Å². The summed E-state index contributed by atoms with van der Waals surface area (Å²) in [6.45, 7) is 4.33. The average Bonchev–Trinajstić information content (AvgIpc) is 2.85. The molecule has 106 valence electrons. The Morgan fingerprint density at radius 1 is 1.35 bits per heavy atom. The molecule has 2 aliphatic rings. The lowest BCUT2D eigenvalue weighted by atomic mass is 9.95. The number of ether oxygens (including phenoxy) is 2. The van der Waals surface area contributed by atoms with E-state index in [9.17, 15) is 9.59 Å². The standard InChI is InChI=1S/C15H17NO4/c1-8-5-6-19-14(8)13(17)10-3-4-12-11(7-10)16-15(18)9(2)20-12/h3-4,7-9,14H,5-6H2,1-2H3,(H,16,18). The van der Waals surface area contributed by atoms with E-state index in [1.165, 1.54) is 0 Å². The molecular weight excluding hydrogens is 258 g/mol. The Kier molecular flexibility index (Phi) is 3.22. The largest absolute Gasteiger partial charge is 0.479 e. The van der Waals surface area contributed by atoms with E-state index in [1.54, 1.807) is 25.1 Å². The topological polar surface area (TPSA) is 64.6 Å². The molecule has 3 atom stereocenters. The second-order valence-electron chi connectivity index (χ2n) is 5.38. The molecule has 0 saturated carbocycles. The van der Waals surface area contributed by atoms with Crippen LogP contribution >= 0.6 is 0 Å². The number of ketones is 1. The summed E-state index contributed by atoms with van der Waals surface area (Å²) in [5, 5.41) is 2.75. The van der Waals surface area contributed by atoms with Crippen LogP contribution < -0.4 is 10.1 Å². The molecule has 1 saturated heterocycles. The summed E-state index contributed by atoms with van der Waals surface area (Å²) in [7, 11) is 0. The van der Waals surface area contributed by atoms with Crippen LogP contribution in [0.1, 0.15) is 30.6 Å². The molecule has 1 aromatic rings. The highest BCUT2D eigenvalue weighted by Crippen LogP contribution is 2.32. The molecule has 1 N–H and O–H groups in total.